The van der Waals surface area contributed by atoms with Crippen molar-refractivity contribution in [2.24, 2.45) is 0 Å². The van der Waals surface area contributed by atoms with Crippen LogP contribution < -0.4 is 10.2 Å². The number of thioether (sulfide) groups is 1. The second-order valence-corrected chi connectivity index (χ2v) is 11.3. The number of benzene rings is 1. The second-order valence-electron chi connectivity index (χ2n) is 7.91. The van der Waals surface area contributed by atoms with Crippen molar-refractivity contribution in [3.63, 3.8) is 0 Å². The van der Waals surface area contributed by atoms with Gasteiger partial charge in [-0.1, -0.05) is 26.7 Å². The van der Waals surface area contributed by atoms with Crippen LogP contribution in [0.3, 0.4) is 0 Å². The van der Waals surface area contributed by atoms with Crippen LogP contribution in [0, 0.1) is 0 Å². The standard InChI is InChI=1S/C21H31N3O4S2/c1-3-4-10-22-20(25)15-24-18-14-17(30(27,28)23-11-6-5-7-12-23)8-9-19(18)29-16(2)13-21(24)26/h8-9,14,16H,3-7,10-13,15H2,1-2H3,(H,22,25)/t16-/m0/s1. The Bertz CT molecular complexity index is 882. The maximum atomic E-state index is 13.1. The van der Waals surface area contributed by atoms with Gasteiger partial charge in [0.25, 0.3) is 0 Å². The van der Waals surface area contributed by atoms with E-state index in [1.165, 1.54) is 9.21 Å². The van der Waals surface area contributed by atoms with Crippen molar-refractivity contribution in [3.05, 3.63) is 18.2 Å². The first kappa shape index (κ1) is 23.1. The van der Waals surface area contributed by atoms with Crippen LogP contribution in [0.5, 0.6) is 0 Å². The molecule has 9 heteroatoms. The van der Waals surface area contributed by atoms with Gasteiger partial charge in [-0.25, -0.2) is 8.42 Å². The summed E-state index contributed by atoms with van der Waals surface area (Å²) in [5, 5.41) is 2.89. The van der Waals surface area contributed by atoms with E-state index in [2.05, 4.69) is 5.32 Å². The van der Waals surface area contributed by atoms with E-state index in [4.69, 9.17) is 0 Å². The first-order valence-corrected chi connectivity index (χ1v) is 13.0. The molecule has 0 aromatic heterocycles. The molecule has 0 radical (unpaired) electrons. The number of amides is 2. The van der Waals surface area contributed by atoms with Crippen molar-refractivity contribution in [1.29, 1.82) is 0 Å². The predicted molar refractivity (Wildman–Crippen MR) is 119 cm³/mol. The third kappa shape index (κ3) is 5.36. The molecule has 30 heavy (non-hydrogen) atoms. The number of carbonyl (C=O) groups is 2. The lowest BCUT2D eigenvalue weighted by atomic mass is 10.2. The number of fused-ring (bicyclic) bond motifs is 1. The molecular formula is C21H31N3O4S2. The Morgan fingerprint density at radius 3 is 2.67 bits per heavy atom. The van der Waals surface area contributed by atoms with E-state index >= 15 is 0 Å². The van der Waals surface area contributed by atoms with Crippen molar-refractivity contribution in [2.45, 2.75) is 67.4 Å². The van der Waals surface area contributed by atoms with Gasteiger partial charge in [0.1, 0.15) is 6.54 Å². The Morgan fingerprint density at radius 2 is 1.97 bits per heavy atom. The quantitative estimate of drug-likeness (QED) is 0.642. The van der Waals surface area contributed by atoms with Crippen molar-refractivity contribution in [1.82, 2.24) is 9.62 Å². The lowest BCUT2D eigenvalue weighted by molar-refractivity contribution is -0.123. The first-order valence-electron chi connectivity index (χ1n) is 10.7. The maximum absolute atomic E-state index is 13.1. The number of piperidine rings is 1. The SMILES string of the molecule is CCCCNC(=O)CN1C(=O)C[C@H](C)Sc2ccc(S(=O)(=O)N3CCCCC3)cc21. The number of sulfonamides is 1. The molecule has 1 fully saturated rings. The topological polar surface area (TPSA) is 86.8 Å². The Balaban J connectivity index is 1.91. The molecular weight excluding hydrogens is 422 g/mol. The summed E-state index contributed by atoms with van der Waals surface area (Å²) in [5.74, 6) is -0.390. The van der Waals surface area contributed by atoms with Crippen LogP contribution in [-0.2, 0) is 19.6 Å². The van der Waals surface area contributed by atoms with Crippen LogP contribution in [0.4, 0.5) is 5.69 Å². The highest BCUT2D eigenvalue weighted by atomic mass is 32.2. The van der Waals surface area contributed by atoms with Crippen LogP contribution in [-0.4, -0.2) is 56.0 Å². The fourth-order valence-corrected chi connectivity index (χ4v) is 6.38. The van der Waals surface area contributed by atoms with Crippen molar-refractivity contribution in [2.75, 3.05) is 31.1 Å². The lowest BCUT2D eigenvalue weighted by Gasteiger charge is -2.27. The molecule has 2 heterocycles. The van der Waals surface area contributed by atoms with Gasteiger partial charge in [0.05, 0.1) is 10.6 Å². The zero-order chi connectivity index (χ0) is 21.7. The summed E-state index contributed by atoms with van der Waals surface area (Å²) >= 11 is 1.54. The third-order valence-corrected chi connectivity index (χ3v) is 8.48. The number of hydrogen-bond donors (Lipinski definition) is 1. The molecule has 1 saturated heterocycles. The molecule has 2 amide bonds. The van der Waals surface area contributed by atoms with Gasteiger partial charge in [0, 0.05) is 36.2 Å². The summed E-state index contributed by atoms with van der Waals surface area (Å²) in [6.07, 6.45) is 4.91. The number of hydrogen-bond acceptors (Lipinski definition) is 5. The molecule has 2 aliphatic heterocycles. The van der Waals surface area contributed by atoms with Gasteiger partial charge in [-0.3, -0.25) is 9.59 Å². The van der Waals surface area contributed by atoms with Crippen LogP contribution in [0.2, 0.25) is 0 Å². The highest BCUT2D eigenvalue weighted by Gasteiger charge is 2.31. The summed E-state index contributed by atoms with van der Waals surface area (Å²) in [4.78, 5) is 27.8. The Labute approximate surface area is 183 Å². The summed E-state index contributed by atoms with van der Waals surface area (Å²) in [6.45, 7) is 5.52. The van der Waals surface area contributed by atoms with Gasteiger partial charge < -0.3 is 10.2 Å². The maximum Gasteiger partial charge on any atom is 0.243 e. The average molecular weight is 454 g/mol. The fraction of sp³-hybridized carbons (Fsp3) is 0.619. The van der Waals surface area contributed by atoms with E-state index in [1.807, 2.05) is 13.8 Å². The highest BCUT2D eigenvalue weighted by molar-refractivity contribution is 8.00. The molecule has 166 valence electrons. The number of nitrogens with zero attached hydrogens (tertiary/aromatic N) is 2. The zero-order valence-corrected chi connectivity index (χ0v) is 19.4. The summed E-state index contributed by atoms with van der Waals surface area (Å²) in [6, 6.07) is 4.97. The van der Waals surface area contributed by atoms with E-state index in [0.29, 0.717) is 31.7 Å². The average Bonchev–Trinajstić information content (AvgIpc) is 2.84. The molecule has 2 aliphatic rings. The van der Waals surface area contributed by atoms with Crippen LogP contribution in [0.15, 0.2) is 28.0 Å². The van der Waals surface area contributed by atoms with Gasteiger partial charge in [-0.15, -0.1) is 11.8 Å². The number of nitrogens with one attached hydrogen (secondary N) is 1. The molecule has 0 aliphatic carbocycles. The van der Waals surface area contributed by atoms with Crippen molar-refractivity contribution in [3.8, 4) is 0 Å². The molecule has 3 rings (SSSR count). The van der Waals surface area contributed by atoms with Gasteiger partial charge in [0.15, 0.2) is 0 Å². The van der Waals surface area contributed by atoms with Crippen LogP contribution >= 0.6 is 11.8 Å². The van der Waals surface area contributed by atoms with Crippen LogP contribution in [0.1, 0.15) is 52.4 Å². The van der Waals surface area contributed by atoms with Gasteiger partial charge >= 0.3 is 0 Å². The van der Waals surface area contributed by atoms with Crippen molar-refractivity contribution < 1.29 is 18.0 Å². The number of anilines is 1. The lowest BCUT2D eigenvalue weighted by Crippen LogP contribution is -2.41. The Hall–Kier alpha value is -1.58. The molecule has 7 nitrogen and oxygen atoms in total. The van der Waals surface area contributed by atoms with E-state index in [-0.39, 0.29) is 28.5 Å². The minimum absolute atomic E-state index is 0.0500. The van der Waals surface area contributed by atoms with E-state index in [1.54, 1.807) is 30.0 Å². The van der Waals surface area contributed by atoms with E-state index in [0.717, 1.165) is 37.0 Å². The zero-order valence-electron chi connectivity index (χ0n) is 17.7. The summed E-state index contributed by atoms with van der Waals surface area (Å²) < 4.78 is 27.8. The van der Waals surface area contributed by atoms with E-state index < -0.39 is 10.0 Å². The molecule has 1 aromatic carbocycles. The van der Waals surface area contributed by atoms with Crippen molar-refractivity contribution >= 4 is 39.3 Å². The fourth-order valence-electron chi connectivity index (χ4n) is 3.75. The normalized spacial score (nSPS) is 20.5. The largest absolute Gasteiger partial charge is 0.355 e. The number of unbranched alkanes of at least 4 members (excludes halogenated alkanes) is 1. The monoisotopic (exact) mass is 453 g/mol. The number of rotatable bonds is 7. The molecule has 1 aromatic rings. The third-order valence-electron chi connectivity index (χ3n) is 5.42. The van der Waals surface area contributed by atoms with Gasteiger partial charge in [-0.2, -0.15) is 4.31 Å². The highest BCUT2D eigenvalue weighted by Crippen LogP contribution is 2.39. The molecule has 0 unspecified atom stereocenters. The predicted octanol–water partition coefficient (Wildman–Crippen LogP) is 2.99. The summed E-state index contributed by atoms with van der Waals surface area (Å²) in [5.41, 5.74) is 0.512. The first-order chi connectivity index (χ1) is 14.3. The van der Waals surface area contributed by atoms with Crippen LogP contribution in [0.25, 0.3) is 0 Å². The minimum atomic E-state index is -3.62. The van der Waals surface area contributed by atoms with Gasteiger partial charge in [0.2, 0.25) is 21.8 Å². The molecule has 0 saturated carbocycles. The Morgan fingerprint density at radius 1 is 1.23 bits per heavy atom. The number of carbonyl (C=O) groups excluding carboxylic acids is 2. The second kappa shape index (κ2) is 10.2. The summed E-state index contributed by atoms with van der Waals surface area (Å²) in [7, 11) is -3.62. The minimum Gasteiger partial charge on any atom is -0.355 e. The molecule has 0 bridgehead atoms. The smallest absolute Gasteiger partial charge is 0.243 e. The molecule has 0 spiro atoms. The Kier molecular flexibility index (Phi) is 7.81. The van der Waals surface area contributed by atoms with E-state index in [9.17, 15) is 18.0 Å². The molecule has 1 atom stereocenters. The van der Waals surface area contributed by atoms with Gasteiger partial charge in [-0.05, 0) is 37.5 Å². The molecule has 1 N–H and O–H groups in total.